The van der Waals surface area contributed by atoms with Crippen LogP contribution in [0.3, 0.4) is 0 Å². The quantitative estimate of drug-likeness (QED) is 0.793. The molecule has 0 atom stereocenters. The molecular weight excluding hydrogens is 220 g/mol. The second-order valence-electron chi connectivity index (χ2n) is 3.21. The van der Waals surface area contributed by atoms with Crippen LogP contribution in [0.1, 0.15) is 5.56 Å². The van der Waals surface area contributed by atoms with Gasteiger partial charge in [-0.2, -0.15) is 0 Å². The average Bonchev–Trinajstić information content (AvgIpc) is 2.36. The van der Waals surface area contributed by atoms with Crippen LogP contribution in [-0.2, 0) is 4.79 Å². The lowest BCUT2D eigenvalue weighted by Crippen LogP contribution is -1.90. The summed E-state index contributed by atoms with van der Waals surface area (Å²) in [5, 5.41) is 9.68. The maximum Gasteiger partial charge on any atom is 0.200 e. The van der Waals surface area contributed by atoms with E-state index in [0.717, 1.165) is 0 Å². The zero-order valence-electron chi connectivity index (χ0n) is 9.77. The molecule has 4 heteroatoms. The van der Waals surface area contributed by atoms with E-state index in [2.05, 4.69) is 6.58 Å². The minimum Gasteiger partial charge on any atom is -0.502 e. The lowest BCUT2D eigenvalue weighted by atomic mass is 10.1. The van der Waals surface area contributed by atoms with Gasteiger partial charge in [0.25, 0.3) is 0 Å². The second kappa shape index (κ2) is 5.75. The number of carbonyl (C=O) groups excluding carboxylic acids is 1. The van der Waals surface area contributed by atoms with Crippen molar-refractivity contribution >= 4 is 11.9 Å². The number of allylic oxidation sites excluding steroid dienone is 2. The van der Waals surface area contributed by atoms with Crippen LogP contribution >= 0.6 is 0 Å². The van der Waals surface area contributed by atoms with Gasteiger partial charge in [-0.05, 0) is 29.8 Å². The number of benzene rings is 1. The van der Waals surface area contributed by atoms with E-state index in [1.165, 1.54) is 26.4 Å². The van der Waals surface area contributed by atoms with E-state index in [0.29, 0.717) is 5.56 Å². The van der Waals surface area contributed by atoms with Crippen molar-refractivity contribution in [1.29, 1.82) is 0 Å². The third kappa shape index (κ3) is 3.11. The molecular formula is C13H14O4. The van der Waals surface area contributed by atoms with Gasteiger partial charge in [-0.15, -0.1) is 0 Å². The number of hydrogen-bond donors (Lipinski definition) is 1. The topological polar surface area (TPSA) is 55.8 Å². The summed E-state index contributed by atoms with van der Waals surface area (Å²) in [6.45, 7) is 3.36. The number of ketones is 1. The first kappa shape index (κ1) is 12.8. The number of phenols is 1. The van der Waals surface area contributed by atoms with Crippen molar-refractivity contribution in [3.05, 3.63) is 36.4 Å². The molecule has 1 N–H and O–H groups in total. The lowest BCUT2D eigenvalue weighted by molar-refractivity contribution is -0.110. The second-order valence-corrected chi connectivity index (χ2v) is 3.21. The van der Waals surface area contributed by atoms with Crippen molar-refractivity contribution in [3.8, 4) is 17.2 Å². The normalized spacial score (nSPS) is 10.2. The molecule has 1 rings (SSSR count). The molecule has 17 heavy (non-hydrogen) atoms. The van der Waals surface area contributed by atoms with Crippen LogP contribution in [0, 0.1) is 0 Å². The largest absolute Gasteiger partial charge is 0.502 e. The first-order valence-corrected chi connectivity index (χ1v) is 4.91. The van der Waals surface area contributed by atoms with Gasteiger partial charge < -0.3 is 14.6 Å². The smallest absolute Gasteiger partial charge is 0.200 e. The van der Waals surface area contributed by atoms with Crippen molar-refractivity contribution in [2.45, 2.75) is 0 Å². The molecule has 0 aliphatic rings. The fraction of sp³-hybridized carbons (Fsp3) is 0.154. The molecule has 1 aromatic carbocycles. The number of rotatable bonds is 5. The van der Waals surface area contributed by atoms with Crippen molar-refractivity contribution in [2.75, 3.05) is 14.2 Å². The van der Waals surface area contributed by atoms with Gasteiger partial charge in [0, 0.05) is 0 Å². The number of aromatic hydroxyl groups is 1. The zero-order chi connectivity index (χ0) is 12.8. The highest BCUT2D eigenvalue weighted by Crippen LogP contribution is 2.37. The highest BCUT2D eigenvalue weighted by atomic mass is 16.5. The van der Waals surface area contributed by atoms with Gasteiger partial charge in [-0.1, -0.05) is 12.7 Å². The Labute approximate surface area is 99.8 Å². The summed E-state index contributed by atoms with van der Waals surface area (Å²) in [5.41, 5.74) is 0.687. The monoisotopic (exact) mass is 234 g/mol. The summed E-state index contributed by atoms with van der Waals surface area (Å²) < 4.78 is 9.98. The molecule has 0 amide bonds. The molecule has 0 fully saturated rings. The highest BCUT2D eigenvalue weighted by Gasteiger charge is 2.09. The van der Waals surface area contributed by atoms with Crippen LogP contribution in [-0.4, -0.2) is 25.1 Å². The third-order valence-electron chi connectivity index (χ3n) is 2.14. The van der Waals surface area contributed by atoms with Crippen molar-refractivity contribution in [2.24, 2.45) is 0 Å². The molecule has 0 saturated heterocycles. The fourth-order valence-corrected chi connectivity index (χ4v) is 1.26. The highest BCUT2D eigenvalue weighted by molar-refractivity contribution is 6.01. The number of carbonyl (C=O) groups is 1. The van der Waals surface area contributed by atoms with E-state index in [4.69, 9.17) is 9.47 Å². The molecule has 1 aromatic rings. The first-order valence-electron chi connectivity index (χ1n) is 4.91. The summed E-state index contributed by atoms with van der Waals surface area (Å²) in [4.78, 5) is 11.0. The molecule has 0 saturated carbocycles. The van der Waals surface area contributed by atoms with Gasteiger partial charge in [0.2, 0.25) is 5.75 Å². The summed E-state index contributed by atoms with van der Waals surface area (Å²) in [6, 6.07) is 3.20. The summed E-state index contributed by atoms with van der Waals surface area (Å²) in [6.07, 6.45) is 4.18. The van der Waals surface area contributed by atoms with E-state index in [1.807, 2.05) is 0 Å². The summed E-state index contributed by atoms with van der Waals surface area (Å²) in [7, 11) is 2.88. The van der Waals surface area contributed by atoms with Crippen LogP contribution < -0.4 is 9.47 Å². The molecule has 0 aromatic heterocycles. The van der Waals surface area contributed by atoms with Crippen LogP contribution in [0.5, 0.6) is 17.2 Å². The minimum absolute atomic E-state index is 0.0674. The van der Waals surface area contributed by atoms with E-state index in [-0.39, 0.29) is 23.0 Å². The van der Waals surface area contributed by atoms with Crippen LogP contribution in [0.15, 0.2) is 30.9 Å². The molecule has 0 unspecified atom stereocenters. The number of hydrogen-bond acceptors (Lipinski definition) is 4. The molecule has 0 aliphatic heterocycles. The minimum atomic E-state index is -0.198. The van der Waals surface area contributed by atoms with Gasteiger partial charge in [0.1, 0.15) is 0 Å². The Morgan fingerprint density at radius 3 is 2.24 bits per heavy atom. The molecule has 0 spiro atoms. The molecule has 90 valence electrons. The average molecular weight is 234 g/mol. The molecule has 0 bridgehead atoms. The Morgan fingerprint density at radius 2 is 1.82 bits per heavy atom. The number of methoxy groups -OCH3 is 2. The Balaban J connectivity index is 3.13. The van der Waals surface area contributed by atoms with E-state index < -0.39 is 0 Å². The number of phenolic OH excluding ortho intramolecular Hbond substituents is 1. The van der Waals surface area contributed by atoms with E-state index in [9.17, 15) is 9.90 Å². The van der Waals surface area contributed by atoms with Crippen molar-refractivity contribution < 1.29 is 19.4 Å². The zero-order valence-corrected chi connectivity index (χ0v) is 9.77. The Kier molecular flexibility index (Phi) is 4.34. The fourth-order valence-electron chi connectivity index (χ4n) is 1.26. The number of ether oxygens (including phenoxy) is 2. The van der Waals surface area contributed by atoms with Gasteiger partial charge in [-0.3, -0.25) is 4.79 Å². The summed E-state index contributed by atoms with van der Waals surface area (Å²) >= 11 is 0. The lowest BCUT2D eigenvalue weighted by Gasteiger charge is -2.09. The Hall–Kier alpha value is -2.23. The van der Waals surface area contributed by atoms with E-state index in [1.54, 1.807) is 18.2 Å². The molecule has 0 heterocycles. The third-order valence-corrected chi connectivity index (χ3v) is 2.14. The van der Waals surface area contributed by atoms with Crippen molar-refractivity contribution in [1.82, 2.24) is 0 Å². The predicted octanol–water partition coefficient (Wildman–Crippen LogP) is 2.18. The van der Waals surface area contributed by atoms with Gasteiger partial charge in [-0.25, -0.2) is 0 Å². The Morgan fingerprint density at radius 1 is 1.29 bits per heavy atom. The summed E-state index contributed by atoms with van der Waals surface area (Å²) in [5.74, 6) is 0.309. The maximum absolute atomic E-state index is 11.0. The van der Waals surface area contributed by atoms with Crippen LogP contribution in [0.2, 0.25) is 0 Å². The standard InChI is InChI=1S/C13H14O4/c1-4-10(14)6-5-9-7-11(16-2)13(15)12(8-9)17-3/h4-8,15H,1H2,2-3H3/b6-5+. The van der Waals surface area contributed by atoms with Crippen LogP contribution in [0.25, 0.3) is 6.08 Å². The SMILES string of the molecule is C=CC(=O)/C=C/c1cc(OC)c(O)c(OC)c1. The van der Waals surface area contributed by atoms with Crippen LogP contribution in [0.4, 0.5) is 0 Å². The Bertz CT molecular complexity index is 435. The van der Waals surface area contributed by atoms with Gasteiger partial charge >= 0.3 is 0 Å². The van der Waals surface area contributed by atoms with Gasteiger partial charge in [0.15, 0.2) is 17.3 Å². The molecule has 0 aliphatic carbocycles. The maximum atomic E-state index is 11.0. The predicted molar refractivity (Wildman–Crippen MR) is 65.4 cm³/mol. The first-order chi connectivity index (χ1) is 8.12. The molecule has 4 nitrogen and oxygen atoms in total. The van der Waals surface area contributed by atoms with E-state index >= 15 is 0 Å². The van der Waals surface area contributed by atoms with Gasteiger partial charge in [0.05, 0.1) is 14.2 Å². The molecule has 0 radical (unpaired) electrons. The van der Waals surface area contributed by atoms with Crippen molar-refractivity contribution in [3.63, 3.8) is 0 Å².